The average Bonchev–Trinajstić information content (AvgIpc) is 4.08. The van der Waals surface area contributed by atoms with E-state index in [2.05, 4.69) is 38.9 Å². The molecule has 3 aliphatic rings. The number of carbonyl (C=O) groups excluding carboxylic acids is 10. The van der Waals surface area contributed by atoms with Crippen LogP contribution in [0.5, 0.6) is 0 Å². The van der Waals surface area contributed by atoms with E-state index in [1.807, 2.05) is 0 Å². The van der Waals surface area contributed by atoms with E-state index in [0.717, 1.165) is 0 Å². The molecule has 0 aliphatic carbocycles. The highest BCUT2D eigenvalue weighted by Crippen LogP contribution is 2.16. The number of aliphatic hydroxyl groups excluding tert-OH is 2. The molecule has 3 saturated heterocycles. The Kier molecular flexibility index (Phi) is 23.0. The molecule has 0 aromatic carbocycles. The second-order valence-corrected chi connectivity index (χ2v) is 10.5. The van der Waals surface area contributed by atoms with Gasteiger partial charge in [0.2, 0.25) is 0 Å². The number of nitrogens with zero attached hydrogens (tertiary/aromatic N) is 9. The van der Waals surface area contributed by atoms with Gasteiger partial charge in [-0.3, -0.25) is 52.4 Å². The quantitative estimate of drug-likeness (QED) is 0.267. The van der Waals surface area contributed by atoms with E-state index < -0.39 is 47.8 Å². The molecule has 6 amide bonds. The second kappa shape index (κ2) is 27.3. The molecule has 3 aromatic heterocycles. The van der Waals surface area contributed by atoms with E-state index in [-0.39, 0.29) is 80.6 Å². The van der Waals surface area contributed by atoms with Crippen LogP contribution in [0.25, 0.3) is 0 Å². The first-order valence-corrected chi connectivity index (χ1v) is 17.4. The number of aliphatic hydroxyl groups is 2. The highest BCUT2D eigenvalue weighted by molar-refractivity contribution is 6.03. The molecule has 2 N–H and O–H groups in total. The minimum Gasteiger partial charge on any atom is -0.449 e. The number of hydrogen-bond acceptors (Lipinski definition) is 20. The molecule has 0 unspecified atom stereocenters. The Bertz CT molecular complexity index is 1710. The lowest BCUT2D eigenvalue weighted by Gasteiger charge is -2.15. The number of imidazole rings is 3. The van der Waals surface area contributed by atoms with Gasteiger partial charge in [-0.05, 0) is 27.7 Å². The lowest BCUT2D eigenvalue weighted by atomic mass is 10.4. The Morgan fingerprint density at radius 3 is 1.07 bits per heavy atom. The van der Waals surface area contributed by atoms with Crippen molar-refractivity contribution in [2.45, 2.75) is 66.2 Å². The summed E-state index contributed by atoms with van der Waals surface area (Å²) in [5, 5.41) is 16.1. The molecule has 26 nitrogen and oxygen atoms in total. The number of aromatic nitrogens is 6. The Balaban J connectivity index is 0.000000383. The van der Waals surface area contributed by atoms with Crippen LogP contribution in [0.2, 0.25) is 0 Å². The highest BCUT2D eigenvalue weighted by Gasteiger charge is 2.37. The molecule has 6 rings (SSSR count). The van der Waals surface area contributed by atoms with Crippen LogP contribution in [0.1, 0.15) is 66.2 Å². The third-order valence-corrected chi connectivity index (χ3v) is 6.21. The summed E-state index contributed by atoms with van der Waals surface area (Å²) in [6, 6.07) is -0.190. The van der Waals surface area contributed by atoms with Gasteiger partial charge >= 0.3 is 24.4 Å². The molecule has 3 fully saturated rings. The van der Waals surface area contributed by atoms with Crippen LogP contribution in [0, 0.1) is 0 Å². The molecule has 6 heterocycles. The number of amides is 6. The van der Waals surface area contributed by atoms with Crippen LogP contribution in [-0.2, 0) is 52.8 Å². The Morgan fingerprint density at radius 2 is 0.797 bits per heavy atom. The zero-order chi connectivity index (χ0) is 44.3. The number of carbonyl (C=O) groups is 10. The van der Waals surface area contributed by atoms with Gasteiger partial charge in [0.15, 0.2) is 0 Å². The van der Waals surface area contributed by atoms with E-state index in [9.17, 15) is 47.9 Å². The molecular formula is C33H43N9O17. The zero-order valence-corrected chi connectivity index (χ0v) is 32.3. The summed E-state index contributed by atoms with van der Waals surface area (Å²) in [7, 11) is 0. The Hall–Kier alpha value is -7.35. The van der Waals surface area contributed by atoms with E-state index in [1.165, 1.54) is 45.1 Å². The van der Waals surface area contributed by atoms with Crippen LogP contribution < -0.4 is 0 Å². The Morgan fingerprint density at radius 1 is 0.508 bits per heavy atom. The van der Waals surface area contributed by atoms with Crippen molar-refractivity contribution in [3.8, 4) is 0 Å². The average molecular weight is 838 g/mol. The van der Waals surface area contributed by atoms with Gasteiger partial charge in [-0.15, -0.1) is 0 Å². The summed E-state index contributed by atoms with van der Waals surface area (Å²) < 4.78 is 13.1. The summed E-state index contributed by atoms with van der Waals surface area (Å²) in [4.78, 5) is 135. The van der Waals surface area contributed by atoms with Gasteiger partial charge in [-0.2, -0.15) is 4.79 Å². The van der Waals surface area contributed by atoms with Crippen molar-refractivity contribution in [3.05, 3.63) is 56.2 Å². The van der Waals surface area contributed by atoms with Gasteiger partial charge in [-0.25, -0.2) is 33.9 Å². The predicted octanol–water partition coefficient (Wildman–Crippen LogP) is 0.972. The minimum atomic E-state index is -1.48. The monoisotopic (exact) mass is 837 g/mol. The third kappa shape index (κ3) is 17.5. The van der Waals surface area contributed by atoms with E-state index in [0.29, 0.717) is 11.7 Å². The van der Waals surface area contributed by atoms with Gasteiger partial charge in [0, 0.05) is 88.9 Å². The van der Waals surface area contributed by atoms with Gasteiger partial charge in [0.1, 0.15) is 19.0 Å². The topological polar surface area (TPSA) is 320 Å². The molecule has 3 aliphatic heterocycles. The molecule has 0 spiro atoms. The molecule has 0 atom stereocenters. The normalized spacial score (nSPS) is 13.8. The largest absolute Gasteiger partial charge is 0.560 e. The lowest BCUT2D eigenvalue weighted by molar-refractivity contribution is -0.198. The number of hydroxylamine groups is 6. The van der Waals surface area contributed by atoms with E-state index in [4.69, 9.17) is 10.2 Å². The summed E-state index contributed by atoms with van der Waals surface area (Å²) in [5.41, 5.74) is 0. The van der Waals surface area contributed by atoms with Crippen LogP contribution in [0.4, 0.5) is 19.2 Å². The summed E-state index contributed by atoms with van der Waals surface area (Å²) in [6.45, 7) is 7.73. The SMILES string of the molecule is CCO.CCO.CCOC(=O)ON1C(=O)CCC1=O.CCOC(=O)n1ccnc1.O=C(ON1C(=O)CCC1=O)ON1C(=O)CCC1=O.O=C(n1ccnc1)n1ccnc1. The number of rotatable bonds is 5. The third-order valence-electron chi connectivity index (χ3n) is 6.21. The van der Waals surface area contributed by atoms with Crippen molar-refractivity contribution in [3.63, 3.8) is 0 Å². The second-order valence-electron chi connectivity index (χ2n) is 10.5. The van der Waals surface area contributed by atoms with Gasteiger partial charge in [-0.1, -0.05) is 15.2 Å². The minimum absolute atomic E-state index is 0.0618. The fourth-order valence-corrected chi connectivity index (χ4v) is 3.80. The van der Waals surface area contributed by atoms with Gasteiger partial charge < -0.3 is 19.7 Å². The van der Waals surface area contributed by atoms with Gasteiger partial charge in [0.25, 0.3) is 35.4 Å². The molecule has 3 aromatic rings. The predicted molar refractivity (Wildman–Crippen MR) is 190 cm³/mol. The lowest BCUT2D eigenvalue weighted by Crippen LogP contribution is -2.37. The molecular weight excluding hydrogens is 794 g/mol. The summed E-state index contributed by atoms with van der Waals surface area (Å²) in [6.07, 6.45) is 10.6. The number of hydrogen-bond donors (Lipinski definition) is 2. The van der Waals surface area contributed by atoms with Crippen molar-refractivity contribution in [2.75, 3.05) is 26.4 Å². The maximum atomic E-state index is 11.4. The molecule has 0 bridgehead atoms. The Labute approximate surface area is 334 Å². The van der Waals surface area contributed by atoms with Crippen molar-refractivity contribution >= 4 is 59.9 Å². The van der Waals surface area contributed by atoms with Crippen LogP contribution in [-0.4, -0.2) is 140 Å². The summed E-state index contributed by atoms with van der Waals surface area (Å²) in [5.74, 6) is -3.77. The number of ether oxygens (including phenoxy) is 2. The van der Waals surface area contributed by atoms with Crippen LogP contribution in [0.15, 0.2) is 56.2 Å². The molecule has 59 heavy (non-hydrogen) atoms. The van der Waals surface area contributed by atoms with Crippen molar-refractivity contribution in [1.82, 2.24) is 43.8 Å². The van der Waals surface area contributed by atoms with Gasteiger partial charge in [0.05, 0.1) is 13.2 Å². The fraction of sp³-hybridized carbons (Fsp3) is 0.424. The van der Waals surface area contributed by atoms with Crippen LogP contribution in [0.3, 0.4) is 0 Å². The van der Waals surface area contributed by atoms with Crippen molar-refractivity contribution < 1.29 is 82.1 Å². The van der Waals surface area contributed by atoms with Crippen LogP contribution >= 0.6 is 0 Å². The summed E-state index contributed by atoms with van der Waals surface area (Å²) >= 11 is 0. The first kappa shape index (κ1) is 49.7. The van der Waals surface area contributed by atoms with Crippen molar-refractivity contribution in [2.24, 2.45) is 0 Å². The van der Waals surface area contributed by atoms with E-state index >= 15 is 0 Å². The zero-order valence-electron chi connectivity index (χ0n) is 32.3. The highest BCUT2D eigenvalue weighted by atomic mass is 16.9. The smallest absolute Gasteiger partial charge is 0.449 e. The first-order valence-electron chi connectivity index (χ1n) is 17.4. The first-order chi connectivity index (χ1) is 28.2. The molecule has 0 saturated carbocycles. The van der Waals surface area contributed by atoms with Crippen molar-refractivity contribution in [1.29, 1.82) is 0 Å². The maximum absolute atomic E-state index is 11.4. The molecule has 322 valence electrons. The maximum Gasteiger partial charge on any atom is 0.560 e. The molecule has 26 heteroatoms. The number of imide groups is 3. The standard InChI is InChI=1S/C9H8N2O7.C7H6N4O.C7H9NO5.C6H8N2O2.2C2H6O/c12-5-1-2-6(13)10(5)17-9(16)18-11-7(14)3-4-8(11)15;12-7(10-3-1-8-5-10)11-4-2-9-6-11;1-2-12-7(11)13-8-5(9)3-4-6(8)10;1-2-10-6(9)8-4-3-7-5-8;2*1-2-3/h1-4H2;1-6H;2-4H2,1H3;3-5H,2H2,1H3;2*3H,2H2,1H3. The fourth-order valence-electron chi connectivity index (χ4n) is 3.80. The van der Waals surface area contributed by atoms with E-state index in [1.54, 1.807) is 52.5 Å². The molecule has 0 radical (unpaired) electrons.